The van der Waals surface area contributed by atoms with E-state index in [4.69, 9.17) is 4.74 Å². The van der Waals surface area contributed by atoms with Gasteiger partial charge in [-0.2, -0.15) is 13.2 Å². The lowest BCUT2D eigenvalue weighted by atomic mass is 9.96. The summed E-state index contributed by atoms with van der Waals surface area (Å²) in [5.74, 6) is 0.676. The van der Waals surface area contributed by atoms with Gasteiger partial charge >= 0.3 is 6.18 Å². The number of hydrogen-bond donors (Lipinski definition) is 2. The van der Waals surface area contributed by atoms with Crippen LogP contribution in [0.25, 0.3) is 32.9 Å². The molecular formula is C26H21F3N6O. The van der Waals surface area contributed by atoms with Gasteiger partial charge in [0.15, 0.2) is 0 Å². The van der Waals surface area contributed by atoms with E-state index < -0.39 is 11.7 Å². The molecule has 0 radical (unpaired) electrons. The normalized spacial score (nSPS) is 11.6. The second-order valence-electron chi connectivity index (χ2n) is 8.13. The van der Waals surface area contributed by atoms with Crippen molar-refractivity contribution in [2.24, 2.45) is 0 Å². The van der Waals surface area contributed by atoms with Crippen molar-refractivity contribution in [3.05, 3.63) is 72.2 Å². The zero-order valence-corrected chi connectivity index (χ0v) is 19.6. The average molecular weight is 490 g/mol. The minimum atomic E-state index is -4.56. The van der Waals surface area contributed by atoms with Gasteiger partial charge < -0.3 is 15.4 Å². The van der Waals surface area contributed by atoms with E-state index in [0.29, 0.717) is 22.7 Å². The third kappa shape index (κ3) is 4.21. The molecule has 0 aliphatic rings. The van der Waals surface area contributed by atoms with Crippen LogP contribution in [-0.4, -0.2) is 34.1 Å². The Labute approximate surface area is 204 Å². The number of benzene rings is 3. The molecule has 0 atom stereocenters. The highest BCUT2D eigenvalue weighted by Crippen LogP contribution is 2.39. The number of aryl methyl sites for hydroxylation is 1. The van der Waals surface area contributed by atoms with Crippen molar-refractivity contribution in [2.75, 3.05) is 24.8 Å². The van der Waals surface area contributed by atoms with Crippen molar-refractivity contribution in [2.45, 2.75) is 13.1 Å². The molecule has 7 nitrogen and oxygen atoms in total. The highest BCUT2D eigenvalue weighted by atomic mass is 19.4. The average Bonchev–Trinajstić information content (AvgIpc) is 2.87. The summed E-state index contributed by atoms with van der Waals surface area (Å²) < 4.78 is 45.4. The van der Waals surface area contributed by atoms with E-state index in [2.05, 4.69) is 30.6 Å². The molecule has 2 N–H and O–H groups in total. The molecular weight excluding hydrogens is 469 g/mol. The minimum absolute atomic E-state index is 0.230. The fourth-order valence-electron chi connectivity index (χ4n) is 4.15. The maximum Gasteiger partial charge on any atom is 0.420 e. The molecule has 0 unspecified atom stereocenters. The molecule has 0 saturated carbocycles. The van der Waals surface area contributed by atoms with Crippen LogP contribution < -0.4 is 15.4 Å². The van der Waals surface area contributed by atoms with Gasteiger partial charge in [0.2, 0.25) is 5.95 Å². The highest BCUT2D eigenvalue weighted by Gasteiger charge is 2.34. The summed E-state index contributed by atoms with van der Waals surface area (Å²) in [6, 6.07) is 13.5. The van der Waals surface area contributed by atoms with Crippen LogP contribution >= 0.6 is 0 Å². The third-order valence-corrected chi connectivity index (χ3v) is 5.87. The van der Waals surface area contributed by atoms with E-state index in [0.717, 1.165) is 33.7 Å². The number of hydrogen-bond acceptors (Lipinski definition) is 7. The Bertz CT molecular complexity index is 1600. The Kier molecular flexibility index (Phi) is 5.79. The largest absolute Gasteiger partial charge is 0.496 e. The Balaban J connectivity index is 1.60. The number of nitrogens with one attached hydrogen (secondary N) is 2. The molecule has 10 heteroatoms. The number of nitrogens with zero attached hydrogens (tertiary/aromatic N) is 4. The zero-order chi connectivity index (χ0) is 25.4. The standard InChI is InChI=1S/C26H21F3N6O/c1-14-4-7-18-23(22(14)15-5-8-20-16(10-15)12-31-25(30-2)35-20)32-13-33-24(18)34-17-6-9-21(36-3)19(11-17)26(27,28)29/h4-13H,1-3H3,(H,30,31,35)(H,32,33,34). The van der Waals surface area contributed by atoms with Crippen LogP contribution in [0.5, 0.6) is 5.75 Å². The number of anilines is 3. The summed E-state index contributed by atoms with van der Waals surface area (Å²) >= 11 is 0. The van der Waals surface area contributed by atoms with Crippen molar-refractivity contribution < 1.29 is 17.9 Å². The summed E-state index contributed by atoms with van der Waals surface area (Å²) in [5.41, 5.74) is 3.63. The fraction of sp³-hybridized carbons (Fsp3) is 0.154. The van der Waals surface area contributed by atoms with Crippen LogP contribution in [0.3, 0.4) is 0 Å². The van der Waals surface area contributed by atoms with E-state index in [1.54, 1.807) is 13.2 Å². The van der Waals surface area contributed by atoms with Crippen LogP contribution in [0.2, 0.25) is 0 Å². The summed E-state index contributed by atoms with van der Waals surface area (Å²) in [5, 5.41) is 7.48. The molecule has 0 saturated heterocycles. The van der Waals surface area contributed by atoms with Gasteiger partial charge in [0.1, 0.15) is 17.9 Å². The Morgan fingerprint density at radius 3 is 2.53 bits per heavy atom. The lowest BCUT2D eigenvalue weighted by molar-refractivity contribution is -0.138. The molecule has 0 bridgehead atoms. The predicted molar refractivity (Wildman–Crippen MR) is 134 cm³/mol. The van der Waals surface area contributed by atoms with E-state index >= 15 is 0 Å². The van der Waals surface area contributed by atoms with E-state index in [-0.39, 0.29) is 11.4 Å². The SMILES string of the molecule is CNc1ncc2cc(-c3c(C)ccc4c(Nc5ccc(OC)c(C(F)(F)F)c5)ncnc34)ccc2n1. The van der Waals surface area contributed by atoms with Crippen molar-refractivity contribution in [3.63, 3.8) is 0 Å². The van der Waals surface area contributed by atoms with Crippen LogP contribution in [0.4, 0.5) is 30.6 Å². The summed E-state index contributed by atoms with van der Waals surface area (Å²) in [6.07, 6.45) is -1.41. The van der Waals surface area contributed by atoms with Gasteiger partial charge in [-0.15, -0.1) is 0 Å². The second kappa shape index (κ2) is 8.95. The van der Waals surface area contributed by atoms with Gasteiger partial charge in [0.25, 0.3) is 0 Å². The van der Waals surface area contributed by atoms with E-state index in [9.17, 15) is 13.2 Å². The Morgan fingerprint density at radius 2 is 1.78 bits per heavy atom. The fourth-order valence-corrected chi connectivity index (χ4v) is 4.15. The topological polar surface area (TPSA) is 84.9 Å². The van der Waals surface area contributed by atoms with Crippen LogP contribution in [0.15, 0.2) is 61.1 Å². The van der Waals surface area contributed by atoms with Gasteiger partial charge in [-0.05, 0) is 54.4 Å². The molecule has 0 aliphatic carbocycles. The minimum Gasteiger partial charge on any atom is -0.496 e. The monoisotopic (exact) mass is 490 g/mol. The maximum absolute atomic E-state index is 13.5. The number of fused-ring (bicyclic) bond motifs is 2. The van der Waals surface area contributed by atoms with Gasteiger partial charge in [-0.1, -0.05) is 12.1 Å². The van der Waals surface area contributed by atoms with Crippen molar-refractivity contribution in [1.82, 2.24) is 19.9 Å². The molecule has 3 aromatic carbocycles. The number of aromatic nitrogens is 4. The highest BCUT2D eigenvalue weighted by molar-refractivity contribution is 6.02. The Morgan fingerprint density at radius 1 is 0.944 bits per heavy atom. The summed E-state index contributed by atoms with van der Waals surface area (Å²) in [7, 11) is 2.97. The number of methoxy groups -OCH3 is 1. The van der Waals surface area contributed by atoms with Gasteiger partial charge in [-0.3, -0.25) is 0 Å². The van der Waals surface area contributed by atoms with Gasteiger partial charge in [-0.25, -0.2) is 19.9 Å². The van der Waals surface area contributed by atoms with Crippen molar-refractivity contribution >= 4 is 39.3 Å². The van der Waals surface area contributed by atoms with Gasteiger partial charge in [0, 0.05) is 35.3 Å². The van der Waals surface area contributed by atoms with E-state index in [1.165, 1.54) is 25.6 Å². The molecule has 0 spiro atoms. The van der Waals surface area contributed by atoms with E-state index in [1.807, 2.05) is 37.3 Å². The third-order valence-electron chi connectivity index (χ3n) is 5.87. The van der Waals surface area contributed by atoms with Crippen molar-refractivity contribution in [3.8, 4) is 16.9 Å². The quantitative estimate of drug-likeness (QED) is 0.296. The number of rotatable bonds is 5. The first-order chi connectivity index (χ1) is 17.3. The number of halogens is 3. The molecule has 5 rings (SSSR count). The summed E-state index contributed by atoms with van der Waals surface area (Å²) in [6.45, 7) is 1.98. The maximum atomic E-state index is 13.5. The predicted octanol–water partition coefficient (Wildman–Crippen LogP) is 6.36. The number of alkyl halides is 3. The van der Waals surface area contributed by atoms with Crippen molar-refractivity contribution in [1.29, 1.82) is 0 Å². The molecule has 0 aliphatic heterocycles. The first-order valence-corrected chi connectivity index (χ1v) is 11.0. The first kappa shape index (κ1) is 23.3. The molecule has 0 fully saturated rings. The summed E-state index contributed by atoms with van der Waals surface area (Å²) in [4.78, 5) is 17.6. The Hall–Kier alpha value is -4.47. The molecule has 182 valence electrons. The second-order valence-corrected chi connectivity index (χ2v) is 8.13. The molecule has 2 heterocycles. The molecule has 36 heavy (non-hydrogen) atoms. The number of ether oxygens (including phenoxy) is 1. The lowest BCUT2D eigenvalue weighted by Gasteiger charge is -2.16. The van der Waals surface area contributed by atoms with Crippen LogP contribution in [0.1, 0.15) is 11.1 Å². The molecule has 0 amide bonds. The molecule has 2 aromatic heterocycles. The zero-order valence-electron chi connectivity index (χ0n) is 19.6. The molecule has 5 aromatic rings. The lowest BCUT2D eigenvalue weighted by Crippen LogP contribution is -2.08. The van der Waals surface area contributed by atoms with Gasteiger partial charge in [0.05, 0.1) is 23.7 Å². The van der Waals surface area contributed by atoms with Crippen LogP contribution in [-0.2, 0) is 6.18 Å². The van der Waals surface area contributed by atoms with Crippen LogP contribution in [0, 0.1) is 6.92 Å². The smallest absolute Gasteiger partial charge is 0.420 e. The first-order valence-electron chi connectivity index (χ1n) is 11.0.